The minimum absolute atomic E-state index is 0.153. The Bertz CT molecular complexity index is 883. The number of rotatable bonds is 5. The van der Waals surface area contributed by atoms with E-state index in [4.69, 9.17) is 28.9 Å². The van der Waals surface area contributed by atoms with Gasteiger partial charge in [0.1, 0.15) is 5.82 Å². The lowest BCUT2D eigenvalue weighted by atomic mass is 10.2. The van der Waals surface area contributed by atoms with Crippen molar-refractivity contribution in [1.82, 2.24) is 4.98 Å². The van der Waals surface area contributed by atoms with E-state index in [1.54, 1.807) is 24.3 Å². The van der Waals surface area contributed by atoms with Crippen LogP contribution >= 0.6 is 23.2 Å². The van der Waals surface area contributed by atoms with Crippen molar-refractivity contribution in [2.24, 2.45) is 17.6 Å². The van der Waals surface area contributed by atoms with Crippen LogP contribution in [0.4, 0.5) is 11.5 Å². The minimum Gasteiger partial charge on any atom is -0.369 e. The summed E-state index contributed by atoms with van der Waals surface area (Å²) in [5.41, 5.74) is 5.73. The maximum absolute atomic E-state index is 12.4. The summed E-state index contributed by atoms with van der Waals surface area (Å²) in [7, 11) is 0. The first-order valence-electron chi connectivity index (χ1n) is 7.68. The van der Waals surface area contributed by atoms with Crippen LogP contribution in [0.15, 0.2) is 36.5 Å². The number of nitrogens with two attached hydrogens (primary N) is 1. The Hall–Kier alpha value is -2.64. The van der Waals surface area contributed by atoms with Gasteiger partial charge >= 0.3 is 0 Å². The van der Waals surface area contributed by atoms with Gasteiger partial charge in [0.05, 0.1) is 27.4 Å². The van der Waals surface area contributed by atoms with E-state index < -0.39 is 23.7 Å². The molecule has 26 heavy (non-hydrogen) atoms. The second-order valence-electron chi connectivity index (χ2n) is 5.82. The average molecular weight is 393 g/mol. The van der Waals surface area contributed by atoms with Crippen LogP contribution < -0.4 is 16.4 Å². The average Bonchev–Trinajstić information content (AvgIpc) is 3.36. The lowest BCUT2D eigenvalue weighted by Gasteiger charge is -2.10. The van der Waals surface area contributed by atoms with Crippen molar-refractivity contribution >= 4 is 52.4 Å². The van der Waals surface area contributed by atoms with Crippen LogP contribution in [-0.2, 0) is 9.59 Å². The zero-order valence-corrected chi connectivity index (χ0v) is 14.8. The third kappa shape index (κ3) is 3.95. The number of hydrogen-bond acceptors (Lipinski definition) is 4. The van der Waals surface area contributed by atoms with Crippen LogP contribution in [0.25, 0.3) is 0 Å². The SMILES string of the molecule is NC(=O)[C@@H]1C[C@H]1C(=O)Nc1cc(NC(=O)c2c(Cl)cccc2Cl)ccn1. The van der Waals surface area contributed by atoms with E-state index in [2.05, 4.69) is 15.6 Å². The minimum atomic E-state index is -0.490. The number of carbonyl (C=O) groups excluding carboxylic acids is 3. The summed E-state index contributed by atoms with van der Waals surface area (Å²) in [6.07, 6.45) is 1.86. The topological polar surface area (TPSA) is 114 Å². The second kappa shape index (κ2) is 7.31. The molecule has 0 unspecified atom stereocenters. The molecule has 134 valence electrons. The maximum Gasteiger partial charge on any atom is 0.258 e. The molecular weight excluding hydrogens is 379 g/mol. The Morgan fingerprint density at radius 2 is 1.77 bits per heavy atom. The van der Waals surface area contributed by atoms with Gasteiger partial charge in [0, 0.05) is 18.0 Å². The fraction of sp³-hybridized carbons (Fsp3) is 0.176. The van der Waals surface area contributed by atoms with Gasteiger partial charge in [-0.25, -0.2) is 4.98 Å². The number of carbonyl (C=O) groups is 3. The largest absolute Gasteiger partial charge is 0.369 e. The highest BCUT2D eigenvalue weighted by molar-refractivity contribution is 6.40. The summed E-state index contributed by atoms with van der Waals surface area (Å²) in [5.74, 6) is -1.93. The molecule has 7 nitrogen and oxygen atoms in total. The highest BCUT2D eigenvalue weighted by Gasteiger charge is 2.47. The number of benzene rings is 1. The van der Waals surface area contributed by atoms with Gasteiger partial charge < -0.3 is 16.4 Å². The second-order valence-corrected chi connectivity index (χ2v) is 6.64. The number of anilines is 2. The number of halogens is 2. The molecule has 0 saturated heterocycles. The number of pyridine rings is 1. The zero-order valence-electron chi connectivity index (χ0n) is 13.3. The van der Waals surface area contributed by atoms with Gasteiger partial charge in [-0.3, -0.25) is 14.4 Å². The molecule has 2 aromatic rings. The third-order valence-electron chi connectivity index (χ3n) is 3.95. The van der Waals surface area contributed by atoms with Crippen molar-refractivity contribution in [2.75, 3.05) is 10.6 Å². The van der Waals surface area contributed by atoms with E-state index >= 15 is 0 Å². The number of amides is 3. The number of aromatic nitrogens is 1. The van der Waals surface area contributed by atoms with Crippen molar-refractivity contribution in [3.05, 3.63) is 52.1 Å². The normalized spacial score (nSPS) is 18.1. The maximum atomic E-state index is 12.4. The monoisotopic (exact) mass is 392 g/mol. The van der Waals surface area contributed by atoms with Crippen molar-refractivity contribution in [3.8, 4) is 0 Å². The molecule has 0 spiro atoms. The molecule has 2 atom stereocenters. The van der Waals surface area contributed by atoms with Gasteiger partial charge in [0.15, 0.2) is 0 Å². The first kappa shape index (κ1) is 18.2. The molecule has 4 N–H and O–H groups in total. The Labute approximate surface area is 158 Å². The number of hydrogen-bond donors (Lipinski definition) is 3. The van der Waals surface area contributed by atoms with Crippen molar-refractivity contribution < 1.29 is 14.4 Å². The Morgan fingerprint density at radius 3 is 2.38 bits per heavy atom. The number of primary amides is 1. The molecule has 1 aromatic heterocycles. The van der Waals surface area contributed by atoms with E-state index in [9.17, 15) is 14.4 Å². The lowest BCUT2D eigenvalue weighted by molar-refractivity contribution is -0.123. The van der Waals surface area contributed by atoms with Crippen molar-refractivity contribution in [1.29, 1.82) is 0 Å². The number of nitrogens with zero attached hydrogens (tertiary/aromatic N) is 1. The molecule has 1 aliphatic rings. The van der Waals surface area contributed by atoms with Gasteiger partial charge in [0.2, 0.25) is 11.8 Å². The van der Waals surface area contributed by atoms with Crippen LogP contribution in [-0.4, -0.2) is 22.7 Å². The zero-order chi connectivity index (χ0) is 18.8. The molecule has 1 heterocycles. The molecule has 9 heteroatoms. The van der Waals surface area contributed by atoms with E-state index in [0.29, 0.717) is 12.1 Å². The van der Waals surface area contributed by atoms with Gasteiger partial charge in [-0.05, 0) is 24.6 Å². The number of nitrogens with one attached hydrogen (secondary N) is 2. The summed E-state index contributed by atoms with van der Waals surface area (Å²) in [6.45, 7) is 0. The highest BCUT2D eigenvalue weighted by Crippen LogP contribution is 2.38. The molecule has 3 amide bonds. The molecular formula is C17H14Cl2N4O3. The van der Waals surface area contributed by atoms with Crippen LogP contribution in [0.1, 0.15) is 16.8 Å². The quantitative estimate of drug-likeness (QED) is 0.725. The van der Waals surface area contributed by atoms with Crippen LogP contribution in [0.5, 0.6) is 0 Å². The molecule has 0 radical (unpaired) electrons. The van der Waals surface area contributed by atoms with E-state index in [0.717, 1.165) is 0 Å². The Morgan fingerprint density at radius 1 is 1.08 bits per heavy atom. The van der Waals surface area contributed by atoms with Crippen molar-refractivity contribution in [2.45, 2.75) is 6.42 Å². The molecule has 0 bridgehead atoms. The predicted molar refractivity (Wildman–Crippen MR) is 98.1 cm³/mol. The summed E-state index contributed by atoms with van der Waals surface area (Å²) in [6, 6.07) is 7.80. The standard InChI is InChI=1S/C17H14Cl2N4O3/c18-11-2-1-3-12(19)14(11)17(26)22-8-4-5-21-13(6-8)23-16(25)10-7-9(10)15(20)24/h1-6,9-10H,7H2,(H2,20,24)(H2,21,22,23,25,26)/t9-,10-/m1/s1. The third-order valence-corrected chi connectivity index (χ3v) is 4.58. The Balaban J connectivity index is 1.69. The van der Waals surface area contributed by atoms with Crippen LogP contribution in [0.3, 0.4) is 0 Å². The lowest BCUT2D eigenvalue weighted by Crippen LogP contribution is -2.21. The first-order chi connectivity index (χ1) is 12.4. The summed E-state index contributed by atoms with van der Waals surface area (Å²) < 4.78 is 0. The van der Waals surface area contributed by atoms with Crippen LogP contribution in [0, 0.1) is 11.8 Å². The molecule has 1 aliphatic carbocycles. The summed E-state index contributed by atoms with van der Waals surface area (Å²) in [4.78, 5) is 39.5. The van der Waals surface area contributed by atoms with Gasteiger partial charge in [0.25, 0.3) is 5.91 Å². The molecule has 0 aliphatic heterocycles. The molecule has 1 aromatic carbocycles. The molecule has 1 fully saturated rings. The predicted octanol–water partition coefficient (Wildman–Crippen LogP) is 2.70. The van der Waals surface area contributed by atoms with Crippen LogP contribution in [0.2, 0.25) is 10.0 Å². The van der Waals surface area contributed by atoms with Gasteiger partial charge in [-0.15, -0.1) is 0 Å². The molecule has 1 saturated carbocycles. The van der Waals surface area contributed by atoms with E-state index in [1.807, 2.05) is 0 Å². The fourth-order valence-electron chi connectivity index (χ4n) is 2.50. The van der Waals surface area contributed by atoms with Crippen molar-refractivity contribution in [3.63, 3.8) is 0 Å². The molecule has 3 rings (SSSR count). The Kier molecular flexibility index (Phi) is 5.11. The first-order valence-corrected chi connectivity index (χ1v) is 8.44. The summed E-state index contributed by atoms with van der Waals surface area (Å²) >= 11 is 12.0. The highest BCUT2D eigenvalue weighted by atomic mass is 35.5. The van der Waals surface area contributed by atoms with E-state index in [-0.39, 0.29) is 27.3 Å². The van der Waals surface area contributed by atoms with Gasteiger partial charge in [-0.1, -0.05) is 29.3 Å². The van der Waals surface area contributed by atoms with Gasteiger partial charge in [-0.2, -0.15) is 0 Å². The fourth-order valence-corrected chi connectivity index (χ4v) is 3.07. The van der Waals surface area contributed by atoms with E-state index in [1.165, 1.54) is 12.3 Å². The smallest absolute Gasteiger partial charge is 0.258 e. The summed E-state index contributed by atoms with van der Waals surface area (Å²) in [5, 5.41) is 5.71.